The van der Waals surface area contributed by atoms with E-state index >= 15 is 0 Å². The molecule has 0 bridgehead atoms. The lowest BCUT2D eigenvalue weighted by Crippen LogP contribution is -2.34. The second-order valence-corrected chi connectivity index (χ2v) is 7.14. The van der Waals surface area contributed by atoms with Crippen LogP contribution in [0.3, 0.4) is 0 Å². The van der Waals surface area contributed by atoms with Crippen molar-refractivity contribution >= 4 is 11.5 Å². The lowest BCUT2D eigenvalue weighted by molar-refractivity contribution is -0.384. The molecule has 0 spiro atoms. The minimum atomic E-state index is -0.404. The van der Waals surface area contributed by atoms with Gasteiger partial charge in [-0.25, -0.2) is 9.97 Å². The molecule has 0 aliphatic carbocycles. The molecule has 28 heavy (non-hydrogen) atoms. The molecule has 8 nitrogen and oxygen atoms in total. The van der Waals surface area contributed by atoms with Crippen molar-refractivity contribution in [3.05, 3.63) is 64.1 Å². The number of nitrogens with zero attached hydrogens (tertiary/aromatic N) is 6. The molecule has 1 aliphatic heterocycles. The molecule has 1 fully saturated rings. The molecule has 8 heteroatoms. The number of anilines is 1. The maximum atomic E-state index is 10.9. The number of nitro groups is 1. The molecule has 1 saturated heterocycles. The highest BCUT2D eigenvalue weighted by molar-refractivity contribution is 5.60. The highest BCUT2D eigenvalue weighted by atomic mass is 16.6. The zero-order valence-electron chi connectivity index (χ0n) is 15.9. The number of piperidine rings is 1. The number of hydrogen-bond donors (Lipinski definition) is 0. The Balaban J connectivity index is 1.53. The van der Waals surface area contributed by atoms with E-state index in [0.29, 0.717) is 11.7 Å². The van der Waals surface area contributed by atoms with Crippen LogP contribution in [0, 0.1) is 17.0 Å². The van der Waals surface area contributed by atoms with Crippen LogP contribution in [0.15, 0.2) is 42.6 Å². The zero-order chi connectivity index (χ0) is 19.7. The lowest BCUT2D eigenvalue weighted by Gasteiger charge is -2.33. The second-order valence-electron chi connectivity index (χ2n) is 7.14. The van der Waals surface area contributed by atoms with Gasteiger partial charge in [-0.05, 0) is 38.0 Å². The highest BCUT2D eigenvalue weighted by Gasteiger charge is 2.24. The van der Waals surface area contributed by atoms with E-state index in [1.807, 2.05) is 30.9 Å². The second kappa shape index (κ2) is 7.38. The van der Waals surface area contributed by atoms with Crippen molar-refractivity contribution < 1.29 is 4.92 Å². The van der Waals surface area contributed by atoms with E-state index in [2.05, 4.69) is 21.0 Å². The maximum absolute atomic E-state index is 10.9. The number of rotatable bonds is 4. The fourth-order valence-corrected chi connectivity index (χ4v) is 3.76. The summed E-state index contributed by atoms with van der Waals surface area (Å²) in [5.41, 5.74) is 3.01. The first-order valence-corrected chi connectivity index (χ1v) is 9.34. The third-order valence-electron chi connectivity index (χ3n) is 5.27. The molecule has 0 unspecified atom stereocenters. The highest BCUT2D eigenvalue weighted by Crippen LogP contribution is 2.30. The summed E-state index contributed by atoms with van der Waals surface area (Å²) < 4.78 is 1.96. The molecule has 4 rings (SSSR count). The number of non-ortho nitro benzene ring substituents is 1. The summed E-state index contributed by atoms with van der Waals surface area (Å²) in [6.45, 7) is 3.79. The summed E-state index contributed by atoms with van der Waals surface area (Å²) in [6.07, 6.45) is 3.96. The Labute approximate surface area is 163 Å². The summed E-state index contributed by atoms with van der Waals surface area (Å²) >= 11 is 0. The van der Waals surface area contributed by atoms with Crippen molar-refractivity contribution in [3.63, 3.8) is 0 Å². The van der Waals surface area contributed by atoms with Crippen molar-refractivity contribution in [2.24, 2.45) is 7.05 Å². The molecule has 3 heterocycles. The van der Waals surface area contributed by atoms with Crippen LogP contribution in [-0.2, 0) is 7.05 Å². The number of nitro benzene ring substituents is 1. The summed E-state index contributed by atoms with van der Waals surface area (Å²) in [4.78, 5) is 22.0. The number of aromatic nitrogens is 4. The van der Waals surface area contributed by atoms with Gasteiger partial charge in [0.1, 0.15) is 5.82 Å². The SMILES string of the molecule is Cc1cc(N2CCC(c3ccnn3C)CC2)nc(-c2ccc([N+](=O)[O-])cc2)n1. The van der Waals surface area contributed by atoms with E-state index in [-0.39, 0.29) is 5.69 Å². The van der Waals surface area contributed by atoms with Crippen LogP contribution in [0.1, 0.15) is 30.1 Å². The van der Waals surface area contributed by atoms with Crippen LogP contribution in [0.2, 0.25) is 0 Å². The predicted octanol–water partition coefficient (Wildman–Crippen LogP) is 3.48. The molecule has 3 aromatic rings. The van der Waals surface area contributed by atoms with Crippen LogP contribution < -0.4 is 4.90 Å². The Morgan fingerprint density at radius 2 is 1.82 bits per heavy atom. The van der Waals surface area contributed by atoms with E-state index in [1.165, 1.54) is 17.8 Å². The summed E-state index contributed by atoms with van der Waals surface area (Å²) in [5.74, 6) is 2.02. The molecule has 0 atom stereocenters. The first kappa shape index (κ1) is 18.1. The largest absolute Gasteiger partial charge is 0.356 e. The summed E-state index contributed by atoms with van der Waals surface area (Å²) in [7, 11) is 1.99. The molecule has 2 aromatic heterocycles. The van der Waals surface area contributed by atoms with Crippen molar-refractivity contribution in [2.45, 2.75) is 25.7 Å². The van der Waals surface area contributed by atoms with Gasteiger partial charge < -0.3 is 4.90 Å². The Morgan fingerprint density at radius 3 is 2.43 bits per heavy atom. The Kier molecular flexibility index (Phi) is 4.77. The van der Waals surface area contributed by atoms with Crippen molar-refractivity contribution in [3.8, 4) is 11.4 Å². The van der Waals surface area contributed by atoms with Crippen molar-refractivity contribution in [1.82, 2.24) is 19.7 Å². The number of benzene rings is 1. The maximum Gasteiger partial charge on any atom is 0.269 e. The minimum absolute atomic E-state index is 0.0638. The molecule has 0 N–H and O–H groups in total. The van der Waals surface area contributed by atoms with Gasteiger partial charge in [0.2, 0.25) is 0 Å². The van der Waals surface area contributed by atoms with Crippen LogP contribution in [0.4, 0.5) is 11.5 Å². The molecule has 144 valence electrons. The molecule has 1 aromatic carbocycles. The van der Waals surface area contributed by atoms with Gasteiger partial charge in [-0.2, -0.15) is 5.10 Å². The predicted molar refractivity (Wildman–Crippen MR) is 106 cm³/mol. The van der Waals surface area contributed by atoms with Crippen LogP contribution >= 0.6 is 0 Å². The summed E-state index contributed by atoms with van der Waals surface area (Å²) in [6, 6.07) is 10.5. The number of hydrogen-bond acceptors (Lipinski definition) is 6. The minimum Gasteiger partial charge on any atom is -0.356 e. The van der Waals surface area contributed by atoms with Crippen LogP contribution in [0.5, 0.6) is 0 Å². The van der Waals surface area contributed by atoms with Gasteiger partial charge >= 0.3 is 0 Å². The lowest BCUT2D eigenvalue weighted by atomic mass is 9.93. The zero-order valence-corrected chi connectivity index (χ0v) is 15.9. The smallest absolute Gasteiger partial charge is 0.269 e. The Bertz CT molecular complexity index is 990. The topological polar surface area (TPSA) is 90.0 Å². The van der Waals surface area contributed by atoms with Gasteiger partial charge in [0.05, 0.1) is 4.92 Å². The number of aryl methyl sites for hydroxylation is 2. The summed E-state index contributed by atoms with van der Waals surface area (Å²) in [5, 5.41) is 15.1. The molecule has 0 saturated carbocycles. The fourth-order valence-electron chi connectivity index (χ4n) is 3.76. The van der Waals surface area contributed by atoms with E-state index in [4.69, 9.17) is 4.98 Å². The van der Waals surface area contributed by atoms with Gasteiger partial charge in [-0.1, -0.05) is 0 Å². The Morgan fingerprint density at radius 1 is 1.11 bits per heavy atom. The monoisotopic (exact) mass is 378 g/mol. The fraction of sp³-hybridized carbons (Fsp3) is 0.350. The molecule has 0 radical (unpaired) electrons. The third-order valence-corrected chi connectivity index (χ3v) is 5.27. The van der Waals surface area contributed by atoms with Gasteiger partial charge in [0.25, 0.3) is 5.69 Å². The van der Waals surface area contributed by atoms with Crippen LogP contribution in [0.25, 0.3) is 11.4 Å². The van der Waals surface area contributed by atoms with Crippen molar-refractivity contribution in [2.75, 3.05) is 18.0 Å². The van der Waals surface area contributed by atoms with Gasteiger partial charge in [0, 0.05) is 67.4 Å². The van der Waals surface area contributed by atoms with E-state index in [1.54, 1.807) is 12.1 Å². The molecular formula is C20H22N6O2. The van der Waals surface area contributed by atoms with E-state index < -0.39 is 4.92 Å². The van der Waals surface area contributed by atoms with Gasteiger partial charge in [-0.3, -0.25) is 14.8 Å². The molecule has 1 aliphatic rings. The van der Waals surface area contributed by atoms with Gasteiger partial charge in [0.15, 0.2) is 5.82 Å². The molecule has 0 amide bonds. The third kappa shape index (κ3) is 3.58. The average molecular weight is 378 g/mol. The van der Waals surface area contributed by atoms with Gasteiger partial charge in [-0.15, -0.1) is 0 Å². The first-order valence-electron chi connectivity index (χ1n) is 9.34. The standard InChI is InChI=1S/C20H22N6O2/c1-14-13-19(23-20(22-14)16-3-5-17(6-4-16)26(27)28)25-11-8-15(9-12-25)18-7-10-21-24(18)2/h3-7,10,13,15H,8-9,11-12H2,1-2H3. The normalized spacial score (nSPS) is 15.0. The Hall–Kier alpha value is -3.29. The van der Waals surface area contributed by atoms with E-state index in [9.17, 15) is 10.1 Å². The molecular weight excluding hydrogens is 356 g/mol. The first-order chi connectivity index (χ1) is 13.5. The average Bonchev–Trinajstić information content (AvgIpc) is 3.13. The van der Waals surface area contributed by atoms with Crippen LogP contribution in [-0.4, -0.2) is 37.8 Å². The van der Waals surface area contributed by atoms with E-state index in [0.717, 1.165) is 43.0 Å². The quantitative estimate of drug-likeness (QED) is 0.510. The van der Waals surface area contributed by atoms with Crippen molar-refractivity contribution in [1.29, 1.82) is 0 Å².